The summed E-state index contributed by atoms with van der Waals surface area (Å²) in [4.78, 5) is 0. The Morgan fingerprint density at radius 2 is 2.12 bits per heavy atom. The van der Waals surface area contributed by atoms with E-state index >= 15 is 0 Å². The predicted octanol–water partition coefficient (Wildman–Crippen LogP) is 2.11. The Labute approximate surface area is 103 Å². The van der Waals surface area contributed by atoms with E-state index in [0.29, 0.717) is 15.8 Å². The van der Waals surface area contributed by atoms with E-state index in [1.807, 2.05) is 0 Å². The fourth-order valence-electron chi connectivity index (χ4n) is 1.21. The van der Waals surface area contributed by atoms with Gasteiger partial charge in [-0.1, -0.05) is 0 Å². The average Bonchev–Trinajstić information content (AvgIpc) is 2.31. The first-order valence-electron chi connectivity index (χ1n) is 4.59. The highest BCUT2D eigenvalue weighted by atomic mass is 79.9. The smallest absolute Gasteiger partial charge is 0.330 e. The van der Waals surface area contributed by atoms with Gasteiger partial charge in [-0.3, -0.25) is 4.57 Å². The van der Waals surface area contributed by atoms with Gasteiger partial charge in [0.1, 0.15) is 0 Å². The summed E-state index contributed by atoms with van der Waals surface area (Å²) in [6.07, 6.45) is 2.07. The van der Waals surface area contributed by atoms with Crippen molar-refractivity contribution in [3.8, 4) is 0 Å². The zero-order valence-corrected chi connectivity index (χ0v) is 11.5. The summed E-state index contributed by atoms with van der Waals surface area (Å²) in [5.41, 5.74) is 0.770. The summed E-state index contributed by atoms with van der Waals surface area (Å²) >= 11 is 3.17. The minimum absolute atomic E-state index is 0.239. The van der Waals surface area contributed by atoms with Gasteiger partial charge in [0.2, 0.25) is 0 Å². The Morgan fingerprint density at radius 1 is 1.50 bits per heavy atom. The maximum absolute atomic E-state index is 11.8. The highest BCUT2D eigenvalue weighted by Gasteiger charge is 2.22. The van der Waals surface area contributed by atoms with Crippen molar-refractivity contribution in [2.45, 2.75) is 6.42 Å². The Bertz CT molecular complexity index is 404. The quantitative estimate of drug-likeness (QED) is 0.362. The minimum Gasteiger partial charge on any atom is -0.618 e. The number of aromatic nitrogens is 1. The Hall–Kier alpha value is -0.420. The van der Waals surface area contributed by atoms with Crippen LogP contribution in [0, 0.1) is 5.21 Å². The molecule has 0 saturated carbocycles. The molecule has 0 N–H and O–H groups in total. The average molecular weight is 310 g/mol. The Morgan fingerprint density at radius 3 is 2.69 bits per heavy atom. The van der Waals surface area contributed by atoms with Crippen LogP contribution in [0.3, 0.4) is 0 Å². The van der Waals surface area contributed by atoms with Crippen LogP contribution in [0.1, 0.15) is 5.56 Å². The molecule has 0 spiro atoms. The number of rotatable bonds is 5. The van der Waals surface area contributed by atoms with Gasteiger partial charge in [0, 0.05) is 41.8 Å². The van der Waals surface area contributed by atoms with Gasteiger partial charge in [-0.15, -0.1) is 0 Å². The Balaban J connectivity index is 2.75. The third kappa shape index (κ3) is 3.28. The van der Waals surface area contributed by atoms with E-state index < -0.39 is 7.60 Å². The first-order valence-corrected chi connectivity index (χ1v) is 7.11. The summed E-state index contributed by atoms with van der Waals surface area (Å²) in [6.45, 7) is 0. The molecular weight excluding hydrogens is 297 g/mol. The van der Waals surface area contributed by atoms with Crippen LogP contribution in [0.5, 0.6) is 0 Å². The molecule has 0 amide bonds. The maximum atomic E-state index is 11.8. The molecule has 0 saturated heterocycles. The topological polar surface area (TPSA) is 62.5 Å². The lowest BCUT2D eigenvalue weighted by Gasteiger charge is -2.13. The van der Waals surface area contributed by atoms with E-state index in [-0.39, 0.29) is 6.16 Å². The summed E-state index contributed by atoms with van der Waals surface area (Å²) in [6, 6.07) is 3.42. The van der Waals surface area contributed by atoms with Crippen LogP contribution in [0.4, 0.5) is 0 Å². The minimum atomic E-state index is -3.01. The SMILES string of the molecule is COP(=O)(CCc1ccc[n+]([O-])c1Br)OC. The maximum Gasteiger partial charge on any atom is 0.330 e. The van der Waals surface area contributed by atoms with Gasteiger partial charge in [-0.25, -0.2) is 0 Å². The molecule has 16 heavy (non-hydrogen) atoms. The normalized spacial score (nSPS) is 11.7. The highest BCUT2D eigenvalue weighted by Crippen LogP contribution is 2.46. The van der Waals surface area contributed by atoms with Crippen molar-refractivity contribution >= 4 is 23.5 Å². The van der Waals surface area contributed by atoms with Crippen LogP contribution >= 0.6 is 23.5 Å². The van der Waals surface area contributed by atoms with E-state index in [0.717, 1.165) is 5.56 Å². The van der Waals surface area contributed by atoms with Crippen molar-refractivity contribution in [2.24, 2.45) is 0 Å². The molecule has 0 aliphatic carbocycles. The fourth-order valence-corrected chi connectivity index (χ4v) is 2.69. The molecule has 0 aromatic carbocycles. The molecule has 1 aromatic heterocycles. The van der Waals surface area contributed by atoms with Gasteiger partial charge in [0.05, 0.1) is 6.16 Å². The van der Waals surface area contributed by atoms with Gasteiger partial charge in [0.25, 0.3) is 4.60 Å². The molecule has 0 aliphatic rings. The van der Waals surface area contributed by atoms with Crippen molar-refractivity contribution < 1.29 is 18.3 Å². The molecular formula is C9H13BrNO4P. The third-order valence-electron chi connectivity index (χ3n) is 2.19. The summed E-state index contributed by atoms with van der Waals surface area (Å²) in [5.74, 6) is 0. The molecule has 0 atom stereocenters. The summed E-state index contributed by atoms with van der Waals surface area (Å²) < 4.78 is 22.5. The van der Waals surface area contributed by atoms with Crippen LogP contribution in [-0.2, 0) is 20.0 Å². The van der Waals surface area contributed by atoms with E-state index in [1.165, 1.54) is 20.4 Å². The fraction of sp³-hybridized carbons (Fsp3) is 0.444. The zero-order valence-electron chi connectivity index (χ0n) is 9.05. The van der Waals surface area contributed by atoms with Gasteiger partial charge in [0.15, 0.2) is 6.20 Å². The second-order valence-corrected chi connectivity index (χ2v) is 6.25. The van der Waals surface area contributed by atoms with E-state index in [4.69, 9.17) is 9.05 Å². The molecule has 1 aromatic rings. The van der Waals surface area contributed by atoms with Crippen molar-refractivity contribution in [2.75, 3.05) is 20.4 Å². The summed E-state index contributed by atoms with van der Waals surface area (Å²) in [5, 5.41) is 11.2. The van der Waals surface area contributed by atoms with Crippen LogP contribution in [0.25, 0.3) is 0 Å². The number of pyridine rings is 1. The van der Waals surface area contributed by atoms with Crippen molar-refractivity contribution in [1.29, 1.82) is 0 Å². The number of hydrogen-bond donors (Lipinski definition) is 0. The highest BCUT2D eigenvalue weighted by molar-refractivity contribution is 9.10. The lowest BCUT2D eigenvalue weighted by atomic mass is 10.2. The van der Waals surface area contributed by atoms with Gasteiger partial charge >= 0.3 is 7.60 Å². The van der Waals surface area contributed by atoms with Crippen LogP contribution in [-0.4, -0.2) is 20.4 Å². The van der Waals surface area contributed by atoms with Gasteiger partial charge in [-0.05, 0) is 12.5 Å². The molecule has 7 heteroatoms. The van der Waals surface area contributed by atoms with E-state index in [1.54, 1.807) is 12.1 Å². The number of halogens is 1. The molecule has 0 radical (unpaired) electrons. The molecule has 1 rings (SSSR count). The molecule has 5 nitrogen and oxygen atoms in total. The third-order valence-corrected chi connectivity index (χ3v) is 4.93. The standard InChI is InChI=1S/C9H13BrNO4P/c1-14-16(13,15-2)7-5-8-4-3-6-11(12)9(8)10/h3-4,6H,5,7H2,1-2H3. The van der Waals surface area contributed by atoms with E-state index in [9.17, 15) is 9.77 Å². The number of hydrogen-bond acceptors (Lipinski definition) is 4. The molecule has 0 bridgehead atoms. The molecule has 0 aliphatic heterocycles. The zero-order chi connectivity index (χ0) is 12.2. The Kier molecular flexibility index (Phi) is 4.92. The lowest BCUT2D eigenvalue weighted by molar-refractivity contribution is -0.617. The van der Waals surface area contributed by atoms with Crippen LogP contribution in [0.15, 0.2) is 22.9 Å². The molecule has 0 unspecified atom stereocenters. The van der Waals surface area contributed by atoms with E-state index in [2.05, 4.69) is 15.9 Å². The monoisotopic (exact) mass is 309 g/mol. The van der Waals surface area contributed by atoms with Crippen molar-refractivity contribution in [1.82, 2.24) is 0 Å². The van der Waals surface area contributed by atoms with Gasteiger partial charge < -0.3 is 14.3 Å². The first-order chi connectivity index (χ1) is 7.52. The largest absolute Gasteiger partial charge is 0.618 e. The molecule has 0 fully saturated rings. The summed E-state index contributed by atoms with van der Waals surface area (Å²) in [7, 11) is -0.323. The van der Waals surface area contributed by atoms with Gasteiger partial charge in [-0.2, -0.15) is 4.73 Å². The molecule has 90 valence electrons. The molecule has 1 heterocycles. The van der Waals surface area contributed by atoms with Crippen LogP contribution < -0.4 is 4.73 Å². The van der Waals surface area contributed by atoms with Crippen molar-refractivity contribution in [3.63, 3.8) is 0 Å². The van der Waals surface area contributed by atoms with Crippen molar-refractivity contribution in [3.05, 3.63) is 33.7 Å². The second-order valence-electron chi connectivity index (χ2n) is 3.10. The number of nitrogens with zero attached hydrogens (tertiary/aromatic N) is 1. The van der Waals surface area contributed by atoms with Crippen LogP contribution in [0.2, 0.25) is 0 Å². The number of aryl methyl sites for hydroxylation is 1. The first kappa shape index (κ1) is 13.6. The predicted molar refractivity (Wildman–Crippen MR) is 63.3 cm³/mol. The second kappa shape index (κ2) is 5.77. The lowest BCUT2D eigenvalue weighted by Crippen LogP contribution is -2.28.